The number of halogens is 2. The molecule has 0 spiro atoms. The molecular weight excluding hydrogens is 499 g/mol. The minimum absolute atomic E-state index is 0. The normalized spacial score (nSPS) is 13.9. The van der Waals surface area contributed by atoms with E-state index in [0.717, 1.165) is 80.1 Å². The zero-order valence-electron chi connectivity index (χ0n) is 17.2. The van der Waals surface area contributed by atoms with E-state index in [2.05, 4.69) is 38.4 Å². The van der Waals surface area contributed by atoms with Crippen LogP contribution in [0.3, 0.4) is 0 Å². The molecule has 0 saturated carbocycles. The maximum Gasteiger partial charge on any atom is 0.191 e. The molecule has 1 aliphatic heterocycles. The molecule has 160 valence electrons. The average Bonchev–Trinajstić information content (AvgIpc) is 2.93. The molecule has 1 aromatic heterocycles. The molecule has 0 saturated heterocycles. The number of aryl methyl sites for hydroxylation is 2. The highest BCUT2D eigenvalue weighted by Crippen LogP contribution is 2.16. The number of nitrogens with zero attached hydrogens (tertiary/aromatic N) is 4. The highest BCUT2D eigenvalue weighted by atomic mass is 127. The first-order chi connectivity index (χ1) is 13.8. The number of nitrogens with one attached hydrogen (secondary N) is 2. The smallest absolute Gasteiger partial charge is 0.191 e. The topological polar surface area (TPSA) is 67.1 Å². The van der Waals surface area contributed by atoms with E-state index in [-0.39, 0.29) is 24.0 Å². The van der Waals surface area contributed by atoms with Crippen LogP contribution in [0.2, 0.25) is 5.02 Å². The Morgan fingerprint density at radius 3 is 2.83 bits per heavy atom. The Morgan fingerprint density at radius 1 is 1.14 bits per heavy atom. The Hall–Kier alpha value is -1.35. The number of aromatic nitrogens is 3. The minimum atomic E-state index is 0. The number of benzene rings is 1. The molecule has 0 amide bonds. The fraction of sp³-hybridized carbons (Fsp3) is 0.571. The van der Waals surface area contributed by atoms with Crippen molar-refractivity contribution in [2.75, 3.05) is 19.6 Å². The van der Waals surface area contributed by atoms with Crippen molar-refractivity contribution in [2.45, 2.75) is 58.4 Å². The Kier molecular flexibility index (Phi) is 10.8. The summed E-state index contributed by atoms with van der Waals surface area (Å²) in [6.07, 6.45) is 7.58. The first-order valence-corrected chi connectivity index (χ1v) is 10.8. The van der Waals surface area contributed by atoms with Crippen LogP contribution in [0.5, 0.6) is 0 Å². The molecule has 2 N–H and O–H groups in total. The zero-order chi connectivity index (χ0) is 19.6. The fourth-order valence-electron chi connectivity index (χ4n) is 3.52. The molecule has 0 unspecified atom stereocenters. The molecule has 1 aliphatic rings. The summed E-state index contributed by atoms with van der Waals surface area (Å²) < 4.78 is 2.32. The lowest BCUT2D eigenvalue weighted by Gasteiger charge is -2.12. The van der Waals surface area contributed by atoms with Crippen molar-refractivity contribution in [3.05, 3.63) is 46.5 Å². The van der Waals surface area contributed by atoms with Crippen LogP contribution in [0.4, 0.5) is 0 Å². The van der Waals surface area contributed by atoms with E-state index in [1.54, 1.807) is 0 Å². The largest absolute Gasteiger partial charge is 0.357 e. The van der Waals surface area contributed by atoms with Crippen LogP contribution >= 0.6 is 35.6 Å². The van der Waals surface area contributed by atoms with E-state index >= 15 is 0 Å². The van der Waals surface area contributed by atoms with Crippen molar-refractivity contribution in [2.24, 2.45) is 4.99 Å². The zero-order valence-corrected chi connectivity index (χ0v) is 20.2. The maximum absolute atomic E-state index is 6.23. The van der Waals surface area contributed by atoms with Crippen LogP contribution in [0.15, 0.2) is 29.3 Å². The first-order valence-electron chi connectivity index (χ1n) is 10.4. The van der Waals surface area contributed by atoms with E-state index in [9.17, 15) is 0 Å². The van der Waals surface area contributed by atoms with Gasteiger partial charge in [0.1, 0.15) is 11.6 Å². The average molecular weight is 531 g/mol. The third-order valence-electron chi connectivity index (χ3n) is 5.00. The van der Waals surface area contributed by atoms with Crippen molar-refractivity contribution < 1.29 is 0 Å². The van der Waals surface area contributed by atoms with E-state index < -0.39 is 0 Å². The predicted molar refractivity (Wildman–Crippen MR) is 130 cm³/mol. The van der Waals surface area contributed by atoms with Crippen LogP contribution in [0.25, 0.3) is 0 Å². The molecular formula is C21H32ClIN6. The SMILES string of the molecule is CCNC(=NCCCc1nnc2n1CCCCC2)NCCc1ccccc1Cl.I. The van der Waals surface area contributed by atoms with Gasteiger partial charge >= 0.3 is 0 Å². The number of aliphatic imine (C=N–C) groups is 1. The van der Waals surface area contributed by atoms with Gasteiger partial charge in [-0.05, 0) is 44.2 Å². The molecule has 0 atom stereocenters. The third kappa shape index (κ3) is 7.44. The molecule has 0 bridgehead atoms. The molecule has 2 aromatic rings. The predicted octanol–water partition coefficient (Wildman–Crippen LogP) is 4.01. The monoisotopic (exact) mass is 530 g/mol. The Balaban J connectivity index is 0.00000300. The molecule has 1 aromatic carbocycles. The van der Waals surface area contributed by atoms with Gasteiger partial charge in [-0.1, -0.05) is 36.2 Å². The highest BCUT2D eigenvalue weighted by Gasteiger charge is 2.14. The van der Waals surface area contributed by atoms with Gasteiger partial charge in [0.05, 0.1) is 0 Å². The van der Waals surface area contributed by atoms with Gasteiger partial charge in [0.2, 0.25) is 0 Å². The standard InChI is InChI=1S/C21H31ClN6.HI/c1-2-23-21(25-15-13-17-9-5-6-10-18(17)22)24-14-8-12-20-27-26-19-11-4-3-7-16-28(19)20;/h5-6,9-10H,2-4,7-8,11-16H2,1H3,(H2,23,24,25);1H. The van der Waals surface area contributed by atoms with Gasteiger partial charge in [-0.15, -0.1) is 34.2 Å². The number of fused-ring (bicyclic) bond motifs is 1. The van der Waals surface area contributed by atoms with Crippen LogP contribution in [-0.2, 0) is 25.8 Å². The number of hydrogen-bond donors (Lipinski definition) is 2. The summed E-state index contributed by atoms with van der Waals surface area (Å²) in [7, 11) is 0. The molecule has 29 heavy (non-hydrogen) atoms. The summed E-state index contributed by atoms with van der Waals surface area (Å²) in [5, 5.41) is 16.3. The summed E-state index contributed by atoms with van der Waals surface area (Å²) in [5.74, 6) is 3.13. The van der Waals surface area contributed by atoms with E-state index in [1.807, 2.05) is 18.2 Å². The van der Waals surface area contributed by atoms with Crippen LogP contribution in [-0.4, -0.2) is 40.4 Å². The van der Waals surface area contributed by atoms with Gasteiger partial charge in [-0.25, -0.2) is 0 Å². The van der Waals surface area contributed by atoms with Crippen molar-refractivity contribution in [3.63, 3.8) is 0 Å². The second kappa shape index (κ2) is 13.1. The van der Waals surface area contributed by atoms with Crippen molar-refractivity contribution in [1.29, 1.82) is 0 Å². The van der Waals surface area contributed by atoms with Gasteiger partial charge in [-0.2, -0.15) is 0 Å². The molecule has 2 heterocycles. The van der Waals surface area contributed by atoms with E-state index in [4.69, 9.17) is 16.6 Å². The molecule has 8 heteroatoms. The second-order valence-corrected chi connectivity index (χ2v) is 7.53. The second-order valence-electron chi connectivity index (χ2n) is 7.13. The summed E-state index contributed by atoms with van der Waals surface area (Å²) in [5.41, 5.74) is 1.15. The van der Waals surface area contributed by atoms with Gasteiger partial charge in [0.15, 0.2) is 5.96 Å². The summed E-state index contributed by atoms with van der Waals surface area (Å²) in [6, 6.07) is 7.97. The lowest BCUT2D eigenvalue weighted by molar-refractivity contribution is 0.597. The van der Waals surface area contributed by atoms with Gasteiger partial charge < -0.3 is 15.2 Å². The lowest BCUT2D eigenvalue weighted by Crippen LogP contribution is -2.38. The lowest BCUT2D eigenvalue weighted by atomic mass is 10.1. The number of hydrogen-bond acceptors (Lipinski definition) is 3. The Bertz CT molecular complexity index is 776. The molecule has 0 fully saturated rings. The van der Waals surface area contributed by atoms with Crippen molar-refractivity contribution in [1.82, 2.24) is 25.4 Å². The minimum Gasteiger partial charge on any atom is -0.357 e. The van der Waals surface area contributed by atoms with Gasteiger partial charge in [-0.3, -0.25) is 4.99 Å². The fourth-order valence-corrected chi connectivity index (χ4v) is 3.75. The van der Waals surface area contributed by atoms with Crippen molar-refractivity contribution >= 4 is 41.5 Å². The third-order valence-corrected chi connectivity index (χ3v) is 5.37. The highest BCUT2D eigenvalue weighted by molar-refractivity contribution is 14.0. The molecule has 0 radical (unpaired) electrons. The number of rotatable bonds is 8. The number of guanidine groups is 1. The maximum atomic E-state index is 6.23. The Morgan fingerprint density at radius 2 is 2.00 bits per heavy atom. The van der Waals surface area contributed by atoms with E-state index in [0.29, 0.717) is 0 Å². The Labute approximate surface area is 195 Å². The molecule has 0 aliphatic carbocycles. The van der Waals surface area contributed by atoms with Crippen LogP contribution < -0.4 is 10.6 Å². The van der Waals surface area contributed by atoms with Crippen LogP contribution in [0, 0.1) is 0 Å². The molecule has 3 rings (SSSR count). The molecule has 6 nitrogen and oxygen atoms in total. The van der Waals surface area contributed by atoms with Crippen molar-refractivity contribution in [3.8, 4) is 0 Å². The van der Waals surface area contributed by atoms with Crippen LogP contribution in [0.1, 0.15) is 49.8 Å². The summed E-state index contributed by atoms with van der Waals surface area (Å²) in [4.78, 5) is 4.70. The van der Waals surface area contributed by atoms with Gasteiger partial charge in [0.25, 0.3) is 0 Å². The van der Waals surface area contributed by atoms with E-state index in [1.165, 1.54) is 19.3 Å². The quantitative estimate of drug-likeness (QED) is 0.234. The summed E-state index contributed by atoms with van der Waals surface area (Å²) >= 11 is 6.23. The van der Waals surface area contributed by atoms with Gasteiger partial charge in [0, 0.05) is 44.0 Å². The first kappa shape index (κ1) is 23.9. The summed E-state index contributed by atoms with van der Waals surface area (Å²) in [6.45, 7) is 5.55.